The summed E-state index contributed by atoms with van der Waals surface area (Å²) in [5, 5.41) is 5.27. The second kappa shape index (κ2) is 17.6. The molecular weight excluding hydrogens is 767 g/mol. The molecule has 3 N–H and O–H groups in total. The van der Waals surface area contributed by atoms with Crippen LogP contribution in [0.2, 0.25) is 0 Å². The minimum Gasteiger partial charge on any atom is -0.497 e. The summed E-state index contributed by atoms with van der Waals surface area (Å²) >= 11 is 0. The topological polar surface area (TPSA) is 156 Å². The van der Waals surface area contributed by atoms with Crippen molar-refractivity contribution in [3.05, 3.63) is 103 Å². The van der Waals surface area contributed by atoms with E-state index in [0.717, 1.165) is 55.9 Å². The average molecular weight is 821 g/mol. The molecule has 1 saturated heterocycles. The van der Waals surface area contributed by atoms with Crippen molar-refractivity contribution in [3.63, 3.8) is 0 Å². The lowest BCUT2D eigenvalue weighted by atomic mass is 10.0. The van der Waals surface area contributed by atoms with E-state index in [4.69, 9.17) is 19.2 Å². The van der Waals surface area contributed by atoms with E-state index in [-0.39, 0.29) is 31.1 Å². The maximum atomic E-state index is 14.8. The van der Waals surface area contributed by atoms with Crippen molar-refractivity contribution in [2.75, 3.05) is 13.7 Å². The summed E-state index contributed by atoms with van der Waals surface area (Å²) in [5.74, 6) is -0.127. The third-order valence-electron chi connectivity index (χ3n) is 12.3. The van der Waals surface area contributed by atoms with Crippen LogP contribution in [0.4, 0.5) is 4.79 Å². The van der Waals surface area contributed by atoms with Gasteiger partial charge in [0.2, 0.25) is 19.2 Å². The molecule has 1 unspecified atom stereocenters. The van der Waals surface area contributed by atoms with Crippen LogP contribution in [0.5, 0.6) is 11.5 Å². The van der Waals surface area contributed by atoms with Gasteiger partial charge in [-0.15, -0.1) is 0 Å². The largest absolute Gasteiger partial charge is 0.497 e. The smallest absolute Gasteiger partial charge is 0.408 e. The summed E-state index contributed by atoms with van der Waals surface area (Å²) in [6.45, 7) is 0.0462. The maximum absolute atomic E-state index is 14.8. The molecule has 1 aromatic heterocycles. The highest BCUT2D eigenvalue weighted by Gasteiger charge is 2.66. The monoisotopic (exact) mass is 820 g/mol. The van der Waals surface area contributed by atoms with Crippen molar-refractivity contribution in [1.29, 1.82) is 0 Å². The maximum Gasteiger partial charge on any atom is 0.408 e. The van der Waals surface area contributed by atoms with Crippen LogP contribution in [0.1, 0.15) is 76.2 Å². The van der Waals surface area contributed by atoms with Gasteiger partial charge in [-0.05, 0) is 69.1 Å². The number of ether oxygens (including phenoxy) is 3. The predicted octanol–water partition coefficient (Wildman–Crippen LogP) is 8.12. The van der Waals surface area contributed by atoms with E-state index < -0.39 is 48.7 Å². The molecule has 6 atom stereocenters. The quantitative estimate of drug-likeness (QED) is 0.112. The molecule has 0 spiro atoms. The van der Waals surface area contributed by atoms with Crippen LogP contribution in [0, 0.1) is 5.92 Å². The number of nitrogens with zero attached hydrogens (tertiary/aromatic N) is 2. The molecule has 8 rings (SSSR count). The second-order valence-corrected chi connectivity index (χ2v) is 18.9. The molecule has 4 aliphatic rings. The lowest BCUT2D eigenvalue weighted by Crippen LogP contribution is -2.55. The van der Waals surface area contributed by atoms with Gasteiger partial charge in [-0.3, -0.25) is 14.2 Å². The molecule has 2 aliphatic heterocycles. The fraction of sp³-hybridized carbons (Fsp3) is 0.435. The molecule has 59 heavy (non-hydrogen) atoms. The number of allylic oxidation sites excluding steroid dienone is 1. The number of rotatable bonds is 9. The van der Waals surface area contributed by atoms with E-state index in [1.807, 2.05) is 97.1 Å². The predicted molar refractivity (Wildman–Crippen MR) is 225 cm³/mol. The first kappa shape index (κ1) is 40.6. The normalized spacial score (nSPS) is 26.6. The zero-order chi connectivity index (χ0) is 41.0. The van der Waals surface area contributed by atoms with E-state index >= 15 is 0 Å². The van der Waals surface area contributed by atoms with Crippen molar-refractivity contribution in [1.82, 2.24) is 20.5 Å². The second-order valence-electron chi connectivity index (χ2n) is 16.4. The molecule has 0 radical (unpaired) electrons. The minimum absolute atomic E-state index is 0.0462. The van der Waals surface area contributed by atoms with Gasteiger partial charge in [0.25, 0.3) is 0 Å². The Morgan fingerprint density at radius 3 is 2.46 bits per heavy atom. The van der Waals surface area contributed by atoms with Gasteiger partial charge >= 0.3 is 6.09 Å². The Morgan fingerprint density at radius 2 is 1.69 bits per heavy atom. The molecule has 2 aliphatic carbocycles. The third kappa shape index (κ3) is 9.04. The number of fused-ring (bicyclic) bond motifs is 3. The van der Waals surface area contributed by atoms with Crippen LogP contribution in [-0.2, 0) is 25.1 Å². The fourth-order valence-corrected chi connectivity index (χ4v) is 11.3. The van der Waals surface area contributed by atoms with Crippen LogP contribution >= 0.6 is 7.37 Å². The molecule has 3 fully saturated rings. The van der Waals surface area contributed by atoms with Gasteiger partial charge < -0.3 is 34.6 Å². The number of nitrogens with one attached hydrogen (secondary N) is 2. The lowest BCUT2D eigenvalue weighted by Gasteiger charge is -2.31. The SMILES string of the molecule is COc1ccc2c(O[C@@H]3C[C@H]4C(=O)N[C@]5(P(=O)(O)Cc6ccccc6)C[C@@H]5/C=C\CCCCC[C@H](NC(=O)OC5CCCC5)C(=O)N4C3)cc(-c3ccccc3)nc2c1. The number of hydrogen-bond acceptors (Lipinski definition) is 8. The summed E-state index contributed by atoms with van der Waals surface area (Å²) < 4.78 is 32.5. The van der Waals surface area contributed by atoms with Gasteiger partial charge in [-0.25, -0.2) is 9.78 Å². The molecule has 3 amide bonds. The van der Waals surface area contributed by atoms with Gasteiger partial charge in [-0.1, -0.05) is 85.7 Å². The number of aromatic nitrogens is 1. The van der Waals surface area contributed by atoms with Crippen LogP contribution in [0.15, 0.2) is 97.1 Å². The zero-order valence-corrected chi connectivity index (χ0v) is 34.4. The number of benzene rings is 3. The number of alkyl carbamates (subject to hydrolysis) is 1. The molecule has 3 aromatic carbocycles. The summed E-state index contributed by atoms with van der Waals surface area (Å²) in [6, 6.07) is 24.3. The minimum atomic E-state index is -4.04. The number of pyridine rings is 1. The number of carbonyl (C=O) groups is 3. The molecule has 310 valence electrons. The molecule has 3 heterocycles. The van der Waals surface area contributed by atoms with Crippen molar-refractivity contribution in [2.24, 2.45) is 5.92 Å². The van der Waals surface area contributed by atoms with Crippen molar-refractivity contribution < 1.29 is 38.1 Å². The van der Waals surface area contributed by atoms with Crippen LogP contribution in [0.25, 0.3) is 22.2 Å². The highest BCUT2D eigenvalue weighted by molar-refractivity contribution is 7.59. The molecule has 2 saturated carbocycles. The summed E-state index contributed by atoms with van der Waals surface area (Å²) in [5.41, 5.74) is 2.92. The van der Waals surface area contributed by atoms with Crippen LogP contribution in [0.3, 0.4) is 0 Å². The van der Waals surface area contributed by atoms with Gasteiger partial charge in [0.15, 0.2) is 0 Å². The molecule has 0 bridgehead atoms. The molecule has 13 heteroatoms. The lowest BCUT2D eigenvalue weighted by molar-refractivity contribution is -0.140. The standard InChI is InChI=1S/C46H53N4O8P/c1-56-35-23-24-37-40(25-35)47-39(32-17-9-6-10-18-32)27-42(37)57-36-26-41-43(51)49-46(59(54,55)30-31-15-7-5-8-16-31)28-33(46)19-11-3-2-4-12-22-38(44(52)50(41)29-36)48-45(53)58-34-20-13-14-21-34/h5-11,15-19,23-25,27,33-34,36,38,41H,2-4,12-14,20-22,26,28-30H2,1H3,(H,48,53)(H,49,51)(H,54,55)/b19-11-/t33-,36+,38-,41-,46-/m0/s1. The van der Waals surface area contributed by atoms with E-state index in [9.17, 15) is 23.8 Å². The Bertz CT molecular complexity index is 2230. The van der Waals surface area contributed by atoms with Gasteiger partial charge in [0, 0.05) is 35.4 Å². The van der Waals surface area contributed by atoms with Crippen molar-refractivity contribution >= 4 is 36.2 Å². The first-order valence-electron chi connectivity index (χ1n) is 21.0. The first-order chi connectivity index (χ1) is 28.6. The Morgan fingerprint density at radius 1 is 0.949 bits per heavy atom. The van der Waals surface area contributed by atoms with E-state index in [1.54, 1.807) is 7.11 Å². The Labute approximate surface area is 345 Å². The van der Waals surface area contributed by atoms with Crippen molar-refractivity contribution in [3.8, 4) is 22.8 Å². The van der Waals surface area contributed by atoms with E-state index in [1.165, 1.54) is 4.90 Å². The number of carbonyl (C=O) groups excluding carboxylic acids is 3. The number of hydrogen-bond donors (Lipinski definition) is 3. The van der Waals surface area contributed by atoms with Gasteiger partial charge in [0.05, 0.1) is 31.0 Å². The Hall–Kier alpha value is -5.19. The number of methoxy groups -OCH3 is 1. The van der Waals surface area contributed by atoms with Gasteiger partial charge in [-0.2, -0.15) is 0 Å². The average Bonchev–Trinajstić information content (AvgIpc) is 3.49. The summed E-state index contributed by atoms with van der Waals surface area (Å²) in [4.78, 5) is 61.1. The fourth-order valence-electron chi connectivity index (χ4n) is 8.96. The summed E-state index contributed by atoms with van der Waals surface area (Å²) in [7, 11) is -2.45. The number of amides is 3. The zero-order valence-electron chi connectivity index (χ0n) is 33.5. The first-order valence-corrected chi connectivity index (χ1v) is 22.8. The van der Waals surface area contributed by atoms with Gasteiger partial charge in [0.1, 0.15) is 41.1 Å². The Kier molecular flexibility index (Phi) is 12.1. The third-order valence-corrected chi connectivity index (χ3v) is 14.9. The summed E-state index contributed by atoms with van der Waals surface area (Å²) in [6.07, 6.45) is 9.84. The molecular formula is C46H53N4O8P. The van der Waals surface area contributed by atoms with E-state index in [2.05, 4.69) is 10.6 Å². The highest BCUT2D eigenvalue weighted by atomic mass is 31.2. The van der Waals surface area contributed by atoms with Crippen LogP contribution < -0.4 is 20.1 Å². The highest BCUT2D eigenvalue weighted by Crippen LogP contribution is 2.71. The Balaban J connectivity index is 1.13. The molecule has 4 aromatic rings. The van der Waals surface area contributed by atoms with E-state index in [0.29, 0.717) is 47.5 Å². The van der Waals surface area contributed by atoms with Crippen LogP contribution in [-0.4, -0.2) is 75.9 Å². The molecule has 12 nitrogen and oxygen atoms in total. The van der Waals surface area contributed by atoms with Crippen molar-refractivity contribution in [2.45, 2.75) is 106 Å².